The molecule has 3 rings (SSSR count). The highest BCUT2D eigenvalue weighted by Crippen LogP contribution is 2.38. The summed E-state index contributed by atoms with van der Waals surface area (Å²) >= 11 is 0. The van der Waals surface area contributed by atoms with Crippen LogP contribution in [-0.4, -0.2) is 55.9 Å². The summed E-state index contributed by atoms with van der Waals surface area (Å²) in [5.74, 6) is 2.54. The molecule has 0 aliphatic heterocycles. The summed E-state index contributed by atoms with van der Waals surface area (Å²) in [6, 6.07) is 9.20. The molecule has 1 aromatic heterocycles. The van der Waals surface area contributed by atoms with Crippen molar-refractivity contribution < 1.29 is 23.7 Å². The predicted molar refractivity (Wildman–Crippen MR) is 152 cm³/mol. The average molecular weight is 524 g/mol. The number of amides is 1. The minimum atomic E-state index is -0.430. The smallest absolute Gasteiger partial charge is 0.411 e. The second-order valence-electron chi connectivity index (χ2n) is 9.25. The van der Waals surface area contributed by atoms with Gasteiger partial charge in [0.2, 0.25) is 0 Å². The summed E-state index contributed by atoms with van der Waals surface area (Å²) in [6.45, 7) is 13.2. The van der Waals surface area contributed by atoms with E-state index in [0.717, 1.165) is 60.9 Å². The van der Waals surface area contributed by atoms with Crippen LogP contribution in [0.25, 0.3) is 10.9 Å². The van der Waals surface area contributed by atoms with Crippen LogP contribution in [0.15, 0.2) is 36.5 Å². The Kier molecular flexibility index (Phi) is 10.6. The van der Waals surface area contributed by atoms with Gasteiger partial charge in [-0.2, -0.15) is 0 Å². The first-order valence-corrected chi connectivity index (χ1v) is 13.3. The molecule has 1 amide bonds. The summed E-state index contributed by atoms with van der Waals surface area (Å²) in [7, 11) is 3.19. The standard InChI is InChI=1S/C30H41N3O5/c1-8-11-22(15-17-33(9-2)10-3)37-30(34)32-24-12-13-26(21(5)20(24)4)38-27-14-16-31-25-19-29(36-7)28(35-6)18-23(25)27/h12-14,16,18-19,22H,8-11,15,17H2,1-7H3,(H,32,34). The Morgan fingerprint density at radius 1 is 0.921 bits per heavy atom. The van der Waals surface area contributed by atoms with Crippen LogP contribution in [0.3, 0.4) is 0 Å². The van der Waals surface area contributed by atoms with Gasteiger partial charge in [0.15, 0.2) is 11.5 Å². The lowest BCUT2D eigenvalue weighted by Crippen LogP contribution is -2.30. The van der Waals surface area contributed by atoms with Crippen molar-refractivity contribution in [1.29, 1.82) is 0 Å². The molecule has 0 saturated heterocycles. The molecule has 0 bridgehead atoms. The van der Waals surface area contributed by atoms with Crippen LogP contribution >= 0.6 is 0 Å². The number of benzene rings is 2. The summed E-state index contributed by atoms with van der Waals surface area (Å²) in [5, 5.41) is 3.74. The van der Waals surface area contributed by atoms with Gasteiger partial charge in [-0.3, -0.25) is 10.3 Å². The molecule has 0 radical (unpaired) electrons. The Labute approximate surface area is 226 Å². The lowest BCUT2D eigenvalue weighted by atomic mass is 10.1. The van der Waals surface area contributed by atoms with Crippen LogP contribution in [0.4, 0.5) is 10.5 Å². The number of nitrogens with one attached hydrogen (secondary N) is 1. The van der Waals surface area contributed by atoms with Crippen molar-refractivity contribution in [3.8, 4) is 23.0 Å². The number of fused-ring (bicyclic) bond motifs is 1. The minimum absolute atomic E-state index is 0.111. The van der Waals surface area contributed by atoms with E-state index in [1.807, 2.05) is 44.2 Å². The normalized spacial score (nSPS) is 11.9. The highest BCUT2D eigenvalue weighted by molar-refractivity contribution is 5.89. The minimum Gasteiger partial charge on any atom is -0.493 e. The van der Waals surface area contributed by atoms with Crippen LogP contribution in [-0.2, 0) is 4.74 Å². The average Bonchev–Trinajstić information content (AvgIpc) is 2.92. The Hall–Kier alpha value is -3.52. The van der Waals surface area contributed by atoms with Gasteiger partial charge in [0.05, 0.1) is 19.7 Å². The maximum Gasteiger partial charge on any atom is 0.411 e. The molecule has 0 fully saturated rings. The monoisotopic (exact) mass is 523 g/mol. The van der Waals surface area contributed by atoms with Gasteiger partial charge in [-0.1, -0.05) is 27.2 Å². The predicted octanol–water partition coefficient (Wildman–Crippen LogP) is 7.11. The van der Waals surface area contributed by atoms with Crippen molar-refractivity contribution in [2.24, 2.45) is 0 Å². The van der Waals surface area contributed by atoms with E-state index in [-0.39, 0.29) is 6.10 Å². The van der Waals surface area contributed by atoms with E-state index in [0.29, 0.717) is 28.7 Å². The summed E-state index contributed by atoms with van der Waals surface area (Å²) < 4.78 is 23.0. The Morgan fingerprint density at radius 3 is 2.29 bits per heavy atom. The van der Waals surface area contributed by atoms with Crippen molar-refractivity contribution in [2.75, 3.05) is 39.2 Å². The highest BCUT2D eigenvalue weighted by Gasteiger charge is 2.18. The van der Waals surface area contributed by atoms with Crippen LogP contribution in [0.2, 0.25) is 0 Å². The number of rotatable bonds is 13. The Bertz CT molecular complexity index is 1230. The third-order valence-electron chi connectivity index (χ3n) is 6.95. The molecule has 1 N–H and O–H groups in total. The third kappa shape index (κ3) is 7.07. The molecule has 206 valence electrons. The van der Waals surface area contributed by atoms with Gasteiger partial charge < -0.3 is 23.8 Å². The van der Waals surface area contributed by atoms with E-state index in [1.165, 1.54) is 0 Å². The maximum atomic E-state index is 12.8. The molecule has 38 heavy (non-hydrogen) atoms. The van der Waals surface area contributed by atoms with E-state index in [4.69, 9.17) is 18.9 Å². The van der Waals surface area contributed by atoms with E-state index in [2.05, 4.69) is 36.0 Å². The number of carbonyl (C=O) groups excluding carboxylic acids is 1. The zero-order valence-corrected chi connectivity index (χ0v) is 23.7. The van der Waals surface area contributed by atoms with Crippen molar-refractivity contribution >= 4 is 22.7 Å². The molecule has 0 spiro atoms. The molecule has 1 heterocycles. The van der Waals surface area contributed by atoms with Crippen LogP contribution < -0.4 is 19.5 Å². The number of aromatic nitrogens is 1. The fraction of sp³-hybridized carbons (Fsp3) is 0.467. The molecule has 0 aliphatic rings. The summed E-state index contributed by atoms with van der Waals surface area (Å²) in [6.07, 6.45) is 3.79. The number of pyridine rings is 1. The molecule has 0 aliphatic carbocycles. The fourth-order valence-corrected chi connectivity index (χ4v) is 4.44. The maximum absolute atomic E-state index is 12.8. The number of carbonyl (C=O) groups is 1. The first kappa shape index (κ1) is 29.0. The van der Waals surface area contributed by atoms with Crippen molar-refractivity contribution in [1.82, 2.24) is 9.88 Å². The fourth-order valence-electron chi connectivity index (χ4n) is 4.44. The lowest BCUT2D eigenvalue weighted by Gasteiger charge is -2.23. The zero-order valence-electron chi connectivity index (χ0n) is 23.7. The molecule has 1 unspecified atom stereocenters. The Morgan fingerprint density at radius 2 is 1.63 bits per heavy atom. The van der Waals surface area contributed by atoms with E-state index < -0.39 is 6.09 Å². The number of hydrogen-bond donors (Lipinski definition) is 1. The third-order valence-corrected chi connectivity index (χ3v) is 6.95. The molecular weight excluding hydrogens is 482 g/mol. The van der Waals surface area contributed by atoms with E-state index >= 15 is 0 Å². The largest absolute Gasteiger partial charge is 0.493 e. The highest BCUT2D eigenvalue weighted by atomic mass is 16.6. The number of ether oxygens (including phenoxy) is 4. The van der Waals surface area contributed by atoms with E-state index in [9.17, 15) is 4.79 Å². The van der Waals surface area contributed by atoms with Crippen molar-refractivity contribution in [2.45, 2.75) is 60.0 Å². The van der Waals surface area contributed by atoms with Gasteiger partial charge in [-0.05, 0) is 75.2 Å². The summed E-state index contributed by atoms with van der Waals surface area (Å²) in [5.41, 5.74) is 3.26. The number of methoxy groups -OCH3 is 2. The molecule has 3 aromatic rings. The topological polar surface area (TPSA) is 82.2 Å². The first-order valence-electron chi connectivity index (χ1n) is 13.3. The van der Waals surface area contributed by atoms with Crippen LogP contribution in [0.1, 0.15) is 51.2 Å². The molecule has 8 heteroatoms. The van der Waals surface area contributed by atoms with Crippen LogP contribution in [0.5, 0.6) is 23.0 Å². The lowest BCUT2D eigenvalue weighted by molar-refractivity contribution is 0.0909. The zero-order chi connectivity index (χ0) is 27.7. The molecule has 0 saturated carbocycles. The molecule has 2 aromatic carbocycles. The van der Waals surface area contributed by atoms with Crippen LogP contribution in [0, 0.1) is 13.8 Å². The van der Waals surface area contributed by atoms with Gasteiger partial charge in [0.1, 0.15) is 17.6 Å². The Balaban J connectivity index is 1.75. The number of hydrogen-bond acceptors (Lipinski definition) is 7. The van der Waals surface area contributed by atoms with Crippen molar-refractivity contribution in [3.05, 3.63) is 47.7 Å². The SMILES string of the molecule is CCCC(CCN(CC)CC)OC(=O)Nc1ccc(Oc2ccnc3cc(OC)c(OC)cc23)c(C)c1C. The second-order valence-corrected chi connectivity index (χ2v) is 9.25. The second kappa shape index (κ2) is 13.9. The molecule has 8 nitrogen and oxygen atoms in total. The van der Waals surface area contributed by atoms with Gasteiger partial charge in [0, 0.05) is 29.9 Å². The number of nitrogens with zero attached hydrogens (tertiary/aromatic N) is 2. The van der Waals surface area contributed by atoms with Gasteiger partial charge in [-0.15, -0.1) is 0 Å². The van der Waals surface area contributed by atoms with E-state index in [1.54, 1.807) is 20.4 Å². The summed E-state index contributed by atoms with van der Waals surface area (Å²) in [4.78, 5) is 19.6. The molecular formula is C30H41N3O5. The van der Waals surface area contributed by atoms with Crippen molar-refractivity contribution in [3.63, 3.8) is 0 Å². The number of anilines is 1. The first-order chi connectivity index (χ1) is 18.3. The quantitative estimate of drug-likeness (QED) is 0.256. The van der Waals surface area contributed by atoms with Gasteiger partial charge in [0.25, 0.3) is 0 Å². The molecule has 1 atom stereocenters. The van der Waals surface area contributed by atoms with Gasteiger partial charge in [-0.25, -0.2) is 4.79 Å². The van der Waals surface area contributed by atoms with Gasteiger partial charge >= 0.3 is 6.09 Å².